The van der Waals surface area contributed by atoms with E-state index >= 15 is 0 Å². The molecule has 0 radical (unpaired) electrons. The van der Waals surface area contributed by atoms with Crippen LogP contribution in [0.3, 0.4) is 0 Å². The molecule has 300 valence electrons. The number of fused-ring (bicyclic) bond motifs is 9. The molecular weight excluding hydrogens is 814 g/mol. The summed E-state index contributed by atoms with van der Waals surface area (Å²) in [5.41, 5.74) is 5.13. The fourth-order valence-electron chi connectivity index (χ4n) is 10.4. The van der Waals surface area contributed by atoms with Gasteiger partial charge in [-0.05, 0) is 60.8 Å². The van der Waals surface area contributed by atoms with Crippen molar-refractivity contribution in [2.75, 3.05) is 0 Å². The molecule has 64 heavy (non-hydrogen) atoms. The summed E-state index contributed by atoms with van der Waals surface area (Å²) >= 11 is 0. The molecule has 0 atom stereocenters. The Hall–Kier alpha value is -7.89. The molecule has 13 rings (SSSR count). The van der Waals surface area contributed by atoms with Crippen LogP contribution >= 0.6 is 7.08 Å². The van der Waals surface area contributed by atoms with Crippen LogP contribution in [0.5, 0.6) is 0 Å². The van der Waals surface area contributed by atoms with Crippen LogP contribution in [0, 0.1) is 0 Å². The first-order valence-corrected chi connectivity index (χ1v) is 25.9. The van der Waals surface area contributed by atoms with Gasteiger partial charge in [-0.15, -0.1) is 7.08 Å². The second kappa shape index (κ2) is 14.6. The summed E-state index contributed by atoms with van der Waals surface area (Å²) < 4.78 is 4.42. The van der Waals surface area contributed by atoms with E-state index < -0.39 is 14.8 Å². The van der Waals surface area contributed by atoms with E-state index in [1.54, 1.807) is 0 Å². The van der Waals surface area contributed by atoms with Gasteiger partial charge in [-0.2, -0.15) is 15.0 Å². The Bertz CT molecular complexity index is 3590. The summed E-state index contributed by atoms with van der Waals surface area (Å²) in [5.74, 6) is 1.76. The van der Waals surface area contributed by atoms with E-state index in [4.69, 9.17) is 15.0 Å². The van der Waals surface area contributed by atoms with Crippen molar-refractivity contribution in [2.24, 2.45) is 0 Å². The number of hydrogen-bond donors (Lipinski definition) is 0. The predicted octanol–water partition coefficient (Wildman–Crippen LogP) is 12.5. The number of nitrogens with zero attached hydrogens (tertiary/aromatic N) is 5. The summed E-state index contributed by atoms with van der Waals surface area (Å²) in [7, 11) is -3.86. The van der Waals surface area contributed by atoms with Crippen molar-refractivity contribution in [3.05, 3.63) is 231 Å². The first kappa shape index (κ1) is 36.7. The predicted molar refractivity (Wildman–Crippen MR) is 271 cm³/mol. The highest BCUT2D eigenvalue weighted by Crippen LogP contribution is 2.54. The Labute approximate surface area is 371 Å². The van der Waals surface area contributed by atoms with E-state index in [0.717, 1.165) is 49.2 Å². The molecule has 0 aliphatic carbocycles. The van der Waals surface area contributed by atoms with Gasteiger partial charge in [0.05, 0.1) is 22.1 Å². The molecule has 13 aromatic rings. The fourth-order valence-corrected chi connectivity index (χ4v) is 23.5. The maximum atomic E-state index is 5.50. The minimum atomic E-state index is -2.95. The van der Waals surface area contributed by atoms with E-state index in [2.05, 4.69) is 240 Å². The van der Waals surface area contributed by atoms with Crippen LogP contribution < -0.4 is 15.6 Å². The lowest BCUT2D eigenvalue weighted by molar-refractivity contribution is 0.893. The molecule has 5 nitrogen and oxygen atoms in total. The molecule has 0 fully saturated rings. The first-order chi connectivity index (χ1) is 31.8. The van der Waals surface area contributed by atoms with E-state index in [9.17, 15) is 0 Å². The third-order valence-electron chi connectivity index (χ3n) is 13.0. The van der Waals surface area contributed by atoms with Crippen molar-refractivity contribution in [1.29, 1.82) is 0 Å². The molecular formula is C57H38N5PSi. The normalized spacial score (nSPS) is 12.1. The smallest absolute Gasteiger partial charge is 0.240 e. The van der Waals surface area contributed by atoms with Crippen molar-refractivity contribution in [2.45, 2.75) is 0 Å². The van der Waals surface area contributed by atoms with E-state index in [-0.39, 0.29) is 0 Å². The lowest BCUT2D eigenvalue weighted by Gasteiger charge is -2.35. The highest BCUT2D eigenvalue weighted by Gasteiger charge is 2.44. The number of benzene rings is 9. The zero-order chi connectivity index (χ0) is 42.2. The lowest BCUT2D eigenvalue weighted by Crippen LogP contribution is -2.64. The quantitative estimate of drug-likeness (QED) is 0.119. The highest BCUT2D eigenvalue weighted by atomic mass is 31.4. The van der Waals surface area contributed by atoms with Crippen LogP contribution in [0.2, 0.25) is 0 Å². The Balaban J connectivity index is 1.14. The lowest BCUT2D eigenvalue weighted by atomic mass is 10.2. The monoisotopic (exact) mass is 851 g/mol. The highest BCUT2D eigenvalue weighted by molar-refractivity contribution is 8.02. The Kier molecular flexibility index (Phi) is 8.38. The number of para-hydroxylation sites is 4. The number of hydrogen-bond acceptors (Lipinski definition) is 3. The Morgan fingerprint density at radius 2 is 0.672 bits per heavy atom. The van der Waals surface area contributed by atoms with Crippen LogP contribution in [0.15, 0.2) is 231 Å². The van der Waals surface area contributed by atoms with Gasteiger partial charge in [0.25, 0.3) is 0 Å². The first-order valence-electron chi connectivity index (χ1n) is 21.7. The van der Waals surface area contributed by atoms with Crippen LogP contribution in [0.1, 0.15) is 0 Å². The zero-order valence-electron chi connectivity index (χ0n) is 34.6. The SMILES string of the molecule is c1ccc([Si](c2ccccc2)(c2cccc(-c3nc(-n4c5ccccc5c5ccccc54)nc(-n4c5ccccc5c5ccccc54)n3)c2)p2c3ccccc3c3ccccc32)cc1. The summed E-state index contributed by atoms with van der Waals surface area (Å²) in [6.45, 7) is 0. The fraction of sp³-hybridized carbons (Fsp3) is 0. The van der Waals surface area contributed by atoms with Gasteiger partial charge in [0.15, 0.2) is 5.82 Å². The van der Waals surface area contributed by atoms with Gasteiger partial charge >= 0.3 is 0 Å². The van der Waals surface area contributed by atoms with Crippen molar-refractivity contribution in [3.63, 3.8) is 0 Å². The molecule has 4 heterocycles. The molecule has 4 aromatic heterocycles. The summed E-state index contributed by atoms with van der Waals surface area (Å²) in [6, 6.07) is 84.3. The third kappa shape index (κ3) is 5.40. The second-order valence-electron chi connectivity index (χ2n) is 16.4. The molecule has 0 saturated carbocycles. The Morgan fingerprint density at radius 1 is 0.312 bits per heavy atom. The molecule has 9 aromatic carbocycles. The van der Waals surface area contributed by atoms with Gasteiger partial charge in [-0.25, -0.2) is 0 Å². The van der Waals surface area contributed by atoms with Gasteiger partial charge in [0.1, 0.15) is 0 Å². The van der Waals surface area contributed by atoms with Gasteiger partial charge in [-0.1, -0.05) is 206 Å². The molecule has 7 heteroatoms. The number of aromatic nitrogens is 5. The van der Waals surface area contributed by atoms with Gasteiger partial charge in [0, 0.05) is 27.1 Å². The number of rotatable bonds is 7. The molecule has 0 unspecified atom stereocenters. The maximum absolute atomic E-state index is 5.50. The van der Waals surface area contributed by atoms with Crippen molar-refractivity contribution in [1.82, 2.24) is 24.1 Å². The topological polar surface area (TPSA) is 48.5 Å². The van der Waals surface area contributed by atoms with Crippen LogP contribution in [0.25, 0.3) is 87.9 Å². The van der Waals surface area contributed by atoms with Gasteiger partial charge < -0.3 is 0 Å². The third-order valence-corrected chi connectivity index (χ3v) is 24.7. The van der Waals surface area contributed by atoms with Crippen LogP contribution in [-0.4, -0.2) is 31.8 Å². The molecule has 0 saturated heterocycles. The largest absolute Gasteiger partial charge is 0.278 e. The molecule has 0 aliphatic heterocycles. The van der Waals surface area contributed by atoms with E-state index in [1.807, 2.05) is 0 Å². The summed E-state index contributed by atoms with van der Waals surface area (Å²) in [4.78, 5) is 16.4. The van der Waals surface area contributed by atoms with Crippen LogP contribution in [0.4, 0.5) is 0 Å². The molecule has 0 aliphatic rings. The average molecular weight is 852 g/mol. The van der Waals surface area contributed by atoms with E-state index in [0.29, 0.717) is 17.7 Å². The molecule has 0 N–H and O–H groups in total. The standard InChI is InChI=1S/C57H38N5PSi/c1-3-21-40(22-4-1)64(41-23-5-2-6-24-41,63-53-36-17-11-30-47(53)48-31-12-18-37-54(48)63)42-25-19-20-39(38-42)55-58-56(61-49-32-13-7-26-43(49)44-27-8-14-33-50(44)61)60-57(59-55)62-51-34-15-9-28-45(51)46-29-10-16-35-52(46)62/h1-38H. The summed E-state index contributed by atoms with van der Waals surface area (Å²) in [6.07, 6.45) is 0. The van der Waals surface area contributed by atoms with Crippen molar-refractivity contribution < 1.29 is 0 Å². The minimum Gasteiger partial charge on any atom is -0.278 e. The average Bonchev–Trinajstić information content (AvgIpc) is 4.01. The van der Waals surface area contributed by atoms with Crippen LogP contribution in [-0.2, 0) is 0 Å². The molecule has 0 amide bonds. The van der Waals surface area contributed by atoms with Gasteiger partial charge in [0.2, 0.25) is 19.6 Å². The Morgan fingerprint density at radius 3 is 1.11 bits per heavy atom. The van der Waals surface area contributed by atoms with Gasteiger partial charge in [-0.3, -0.25) is 9.13 Å². The minimum absolute atomic E-state index is 0.572. The van der Waals surface area contributed by atoms with Crippen molar-refractivity contribution >= 4 is 95.0 Å². The molecule has 0 bridgehead atoms. The zero-order valence-corrected chi connectivity index (χ0v) is 36.5. The summed E-state index contributed by atoms with van der Waals surface area (Å²) in [5, 5.41) is 14.2. The van der Waals surface area contributed by atoms with E-state index in [1.165, 1.54) is 36.6 Å². The maximum Gasteiger partial charge on any atom is 0.240 e. The molecule has 0 spiro atoms. The van der Waals surface area contributed by atoms with Crippen molar-refractivity contribution in [3.8, 4) is 23.3 Å². The second-order valence-corrected chi connectivity index (χ2v) is 24.5.